The first kappa shape index (κ1) is 14.3. The van der Waals surface area contributed by atoms with Gasteiger partial charge in [0.2, 0.25) is 11.8 Å². The van der Waals surface area contributed by atoms with E-state index in [4.69, 9.17) is 0 Å². The van der Waals surface area contributed by atoms with Gasteiger partial charge < -0.3 is 0 Å². The summed E-state index contributed by atoms with van der Waals surface area (Å²) in [6.07, 6.45) is 4.36. The van der Waals surface area contributed by atoms with E-state index in [1.54, 1.807) is 0 Å². The molecule has 2 aliphatic rings. The van der Waals surface area contributed by atoms with Crippen LogP contribution in [0.4, 0.5) is 0 Å². The molecule has 2 amide bonds. The van der Waals surface area contributed by atoms with Gasteiger partial charge in [0, 0.05) is 12.5 Å². The maximum Gasteiger partial charge on any atom is 0.247 e. The summed E-state index contributed by atoms with van der Waals surface area (Å²) in [5.41, 5.74) is 0.586. The van der Waals surface area contributed by atoms with Crippen LogP contribution in [0.5, 0.6) is 0 Å². The van der Waals surface area contributed by atoms with E-state index in [1.807, 2.05) is 18.2 Å². The average molecular weight is 286 g/mol. The fraction of sp³-hybridized carbons (Fsp3) is 0.529. The molecule has 0 aromatic heterocycles. The second-order valence-corrected chi connectivity index (χ2v) is 6.27. The molecule has 1 aliphatic heterocycles. The third-order valence-corrected chi connectivity index (χ3v) is 4.93. The fourth-order valence-corrected chi connectivity index (χ4v) is 3.80. The summed E-state index contributed by atoms with van der Waals surface area (Å²) in [4.78, 5) is 24.2. The molecule has 1 aliphatic carbocycles. The molecule has 1 aromatic rings. The Bertz CT molecular complexity index is 543. The van der Waals surface area contributed by atoms with E-state index in [9.17, 15) is 9.59 Å². The smallest absolute Gasteiger partial charge is 0.247 e. The van der Waals surface area contributed by atoms with Gasteiger partial charge in [0.1, 0.15) is 5.54 Å². The number of hydrogen-bond acceptors (Lipinski definition) is 3. The Morgan fingerprint density at radius 1 is 1.24 bits per heavy atom. The number of hydrogen-bond donors (Lipinski definition) is 2. The first-order valence-electron chi connectivity index (χ1n) is 7.79. The molecule has 2 N–H and O–H groups in total. The Morgan fingerprint density at radius 2 is 2.00 bits per heavy atom. The summed E-state index contributed by atoms with van der Waals surface area (Å²) < 4.78 is 0. The number of amides is 2. The molecule has 1 aromatic carbocycles. The van der Waals surface area contributed by atoms with E-state index in [2.05, 4.69) is 29.7 Å². The van der Waals surface area contributed by atoms with Crippen LogP contribution in [0.25, 0.3) is 0 Å². The van der Waals surface area contributed by atoms with Crippen molar-refractivity contribution in [1.29, 1.82) is 0 Å². The van der Waals surface area contributed by atoms with Gasteiger partial charge in [0.25, 0.3) is 0 Å². The van der Waals surface area contributed by atoms with Crippen molar-refractivity contribution < 1.29 is 9.59 Å². The maximum absolute atomic E-state index is 12.5. The lowest BCUT2D eigenvalue weighted by Gasteiger charge is -2.47. The first-order chi connectivity index (χ1) is 10.1. The molecule has 2 fully saturated rings. The highest BCUT2D eigenvalue weighted by Gasteiger charge is 2.51. The van der Waals surface area contributed by atoms with E-state index in [0.717, 1.165) is 25.7 Å². The average Bonchev–Trinajstić information content (AvgIpc) is 2.49. The third-order valence-electron chi connectivity index (χ3n) is 4.93. The molecule has 0 bridgehead atoms. The number of carbonyl (C=O) groups excluding carboxylic acids is 2. The molecule has 4 heteroatoms. The molecule has 1 saturated carbocycles. The zero-order chi connectivity index (χ0) is 14.9. The molecule has 0 spiro atoms. The Morgan fingerprint density at radius 3 is 2.76 bits per heavy atom. The largest absolute Gasteiger partial charge is 0.296 e. The molecule has 4 nitrogen and oxygen atoms in total. The highest BCUT2D eigenvalue weighted by Crippen LogP contribution is 2.40. The van der Waals surface area contributed by atoms with Gasteiger partial charge in [-0.15, -0.1) is 0 Å². The summed E-state index contributed by atoms with van der Waals surface area (Å²) in [5, 5.41) is 6.09. The molecule has 3 atom stereocenters. The van der Waals surface area contributed by atoms with Crippen molar-refractivity contribution in [1.82, 2.24) is 10.6 Å². The monoisotopic (exact) mass is 286 g/mol. The summed E-state index contributed by atoms with van der Waals surface area (Å²) in [7, 11) is 0. The highest BCUT2D eigenvalue weighted by molar-refractivity contribution is 6.03. The van der Waals surface area contributed by atoms with E-state index in [0.29, 0.717) is 6.42 Å². The summed E-state index contributed by atoms with van der Waals surface area (Å²) in [6, 6.07) is 10.2. The topological polar surface area (TPSA) is 58.2 Å². The molecule has 0 radical (unpaired) electrons. The minimum absolute atomic E-state index is 0.0887. The number of piperidine rings is 1. The normalized spacial score (nSPS) is 30.4. The zero-order valence-corrected chi connectivity index (χ0v) is 12.4. The fourth-order valence-electron chi connectivity index (χ4n) is 3.80. The Kier molecular flexibility index (Phi) is 3.81. The van der Waals surface area contributed by atoms with Crippen LogP contribution in [0.1, 0.15) is 50.6 Å². The molecule has 21 heavy (non-hydrogen) atoms. The summed E-state index contributed by atoms with van der Waals surface area (Å²) >= 11 is 0. The lowest BCUT2D eigenvalue weighted by Crippen LogP contribution is -2.67. The molecule has 112 valence electrons. The van der Waals surface area contributed by atoms with Gasteiger partial charge in [-0.2, -0.15) is 0 Å². The predicted octanol–water partition coefficient (Wildman–Crippen LogP) is 2.31. The van der Waals surface area contributed by atoms with E-state index in [1.165, 1.54) is 5.56 Å². The number of fused-ring (bicyclic) bond motifs is 1. The predicted molar refractivity (Wildman–Crippen MR) is 80.4 cm³/mol. The van der Waals surface area contributed by atoms with Crippen molar-refractivity contribution in [3.63, 3.8) is 0 Å². The van der Waals surface area contributed by atoms with Gasteiger partial charge in [-0.1, -0.05) is 43.2 Å². The summed E-state index contributed by atoms with van der Waals surface area (Å²) in [6.45, 7) is 2.08. The van der Waals surface area contributed by atoms with Gasteiger partial charge in [-0.25, -0.2) is 0 Å². The number of benzene rings is 1. The molecule has 3 rings (SSSR count). The number of imide groups is 1. The van der Waals surface area contributed by atoms with Crippen LogP contribution < -0.4 is 10.6 Å². The van der Waals surface area contributed by atoms with Crippen LogP contribution in [-0.4, -0.2) is 17.4 Å². The number of rotatable bonds is 3. The van der Waals surface area contributed by atoms with Crippen molar-refractivity contribution in [3.05, 3.63) is 35.9 Å². The van der Waals surface area contributed by atoms with Crippen LogP contribution in [0, 0.1) is 5.92 Å². The second kappa shape index (κ2) is 5.60. The Hall–Kier alpha value is -1.68. The third kappa shape index (κ3) is 2.60. The van der Waals surface area contributed by atoms with Crippen molar-refractivity contribution in [3.8, 4) is 0 Å². The van der Waals surface area contributed by atoms with Crippen molar-refractivity contribution in [2.75, 3.05) is 0 Å². The first-order valence-corrected chi connectivity index (χ1v) is 7.79. The van der Waals surface area contributed by atoms with Crippen LogP contribution >= 0.6 is 0 Å². The van der Waals surface area contributed by atoms with Crippen LogP contribution in [0.2, 0.25) is 0 Å². The highest BCUT2D eigenvalue weighted by atomic mass is 16.2. The Balaban J connectivity index is 1.86. The minimum Gasteiger partial charge on any atom is -0.296 e. The van der Waals surface area contributed by atoms with Gasteiger partial charge >= 0.3 is 0 Å². The molecule has 1 saturated heterocycles. The van der Waals surface area contributed by atoms with Gasteiger partial charge in [-0.3, -0.25) is 20.2 Å². The quantitative estimate of drug-likeness (QED) is 0.838. The molecular weight excluding hydrogens is 264 g/mol. The summed E-state index contributed by atoms with van der Waals surface area (Å²) in [5.74, 6) is -0.137. The lowest BCUT2D eigenvalue weighted by atomic mass is 9.68. The van der Waals surface area contributed by atoms with E-state index in [-0.39, 0.29) is 23.8 Å². The molecule has 1 heterocycles. The van der Waals surface area contributed by atoms with Crippen molar-refractivity contribution in [2.45, 2.75) is 50.6 Å². The van der Waals surface area contributed by atoms with Crippen LogP contribution in [0.3, 0.4) is 0 Å². The minimum atomic E-state index is -0.582. The van der Waals surface area contributed by atoms with Crippen molar-refractivity contribution in [2.24, 2.45) is 5.92 Å². The van der Waals surface area contributed by atoms with Crippen LogP contribution in [0.15, 0.2) is 30.3 Å². The lowest BCUT2D eigenvalue weighted by molar-refractivity contribution is -0.144. The van der Waals surface area contributed by atoms with Gasteiger partial charge in [0.05, 0.1) is 0 Å². The zero-order valence-electron chi connectivity index (χ0n) is 12.4. The van der Waals surface area contributed by atoms with Crippen LogP contribution in [-0.2, 0) is 9.59 Å². The number of carbonyl (C=O) groups is 2. The Labute approximate surface area is 125 Å². The van der Waals surface area contributed by atoms with E-state index >= 15 is 0 Å². The standard InChI is InChI=1S/C17H22N2O2/c1-12(13-7-3-2-4-8-13)19-17-10-6-5-9-14(17)11-15(20)18-16(17)21/h2-4,7-8,12,14,19H,5-6,9-11H2,1H3,(H,18,20,21)/t12-,14+,17-/m1/s1. The maximum atomic E-state index is 12.5. The SMILES string of the molecule is C[C@@H](N[C@]12CCCC[C@H]1CC(=O)NC2=O)c1ccccc1. The van der Waals surface area contributed by atoms with Crippen molar-refractivity contribution >= 4 is 11.8 Å². The van der Waals surface area contributed by atoms with Gasteiger partial charge in [0.15, 0.2) is 0 Å². The molecular formula is C17H22N2O2. The second-order valence-electron chi connectivity index (χ2n) is 6.27. The van der Waals surface area contributed by atoms with Gasteiger partial charge in [-0.05, 0) is 31.2 Å². The number of nitrogens with one attached hydrogen (secondary N) is 2. The molecule has 0 unspecified atom stereocenters. The van der Waals surface area contributed by atoms with E-state index < -0.39 is 5.54 Å².